The number of rotatable bonds is 6. The summed E-state index contributed by atoms with van der Waals surface area (Å²) >= 11 is 0. The van der Waals surface area contributed by atoms with Gasteiger partial charge in [-0.1, -0.05) is 43.5 Å². The van der Waals surface area contributed by atoms with Crippen molar-refractivity contribution in [3.63, 3.8) is 0 Å². The Labute approximate surface area is 87.2 Å². The van der Waals surface area contributed by atoms with E-state index in [1.165, 1.54) is 5.57 Å². The molecule has 0 rings (SSSR count). The monoisotopic (exact) mass is 189 g/mol. The van der Waals surface area contributed by atoms with E-state index < -0.39 is 0 Å². The van der Waals surface area contributed by atoms with Gasteiger partial charge >= 0.3 is 0 Å². The first-order chi connectivity index (χ1) is 6.61. The topological polar surface area (TPSA) is 12.0 Å². The van der Waals surface area contributed by atoms with Gasteiger partial charge < -0.3 is 5.32 Å². The Morgan fingerprint density at radius 2 is 1.93 bits per heavy atom. The fraction of sp³-hybridized carbons (Fsp3) is 0.231. The largest absolute Gasteiger partial charge is 0.387 e. The van der Waals surface area contributed by atoms with E-state index in [9.17, 15) is 0 Å². The summed E-state index contributed by atoms with van der Waals surface area (Å²) in [5, 5.41) is 3.04. The van der Waals surface area contributed by atoms with Crippen LogP contribution < -0.4 is 5.32 Å². The van der Waals surface area contributed by atoms with Crippen molar-refractivity contribution in [2.24, 2.45) is 0 Å². The Kier molecular flexibility index (Phi) is 6.21. The molecule has 0 aliphatic heterocycles. The first kappa shape index (κ1) is 12.5. The molecular weight excluding hydrogens is 170 g/mol. The summed E-state index contributed by atoms with van der Waals surface area (Å²) in [6.07, 6.45) is 7.75. The number of nitrogens with one attached hydrogen (secondary N) is 1. The third kappa shape index (κ3) is 5.20. The van der Waals surface area contributed by atoms with Crippen LogP contribution in [0.2, 0.25) is 0 Å². The van der Waals surface area contributed by atoms with Crippen LogP contribution in [-0.4, -0.2) is 6.54 Å². The van der Waals surface area contributed by atoms with Crippen LogP contribution in [0.15, 0.2) is 60.9 Å². The van der Waals surface area contributed by atoms with E-state index in [0.717, 1.165) is 17.7 Å². The molecule has 0 saturated carbocycles. The zero-order chi connectivity index (χ0) is 11.0. The highest BCUT2D eigenvalue weighted by Crippen LogP contribution is 2.07. The molecule has 0 radical (unpaired) electrons. The van der Waals surface area contributed by atoms with Crippen molar-refractivity contribution in [3.8, 4) is 0 Å². The van der Waals surface area contributed by atoms with Gasteiger partial charge in [0.2, 0.25) is 0 Å². The van der Waals surface area contributed by atoms with Crippen LogP contribution in [0.3, 0.4) is 0 Å². The van der Waals surface area contributed by atoms with Crippen LogP contribution in [0, 0.1) is 0 Å². The number of hydrogen-bond acceptors (Lipinski definition) is 1. The van der Waals surface area contributed by atoms with Gasteiger partial charge in [0.25, 0.3) is 0 Å². The molecule has 0 unspecified atom stereocenters. The summed E-state index contributed by atoms with van der Waals surface area (Å²) < 4.78 is 0. The van der Waals surface area contributed by atoms with E-state index in [2.05, 4.69) is 31.1 Å². The summed E-state index contributed by atoms with van der Waals surface area (Å²) in [5.74, 6) is 0. The molecule has 0 aromatic heterocycles. The molecule has 0 saturated heterocycles. The molecular formula is C13H19N. The van der Waals surface area contributed by atoms with Gasteiger partial charge in [0.15, 0.2) is 0 Å². The predicted molar refractivity (Wildman–Crippen MR) is 65.1 cm³/mol. The van der Waals surface area contributed by atoms with Gasteiger partial charge in [0.1, 0.15) is 0 Å². The Bertz CT molecular complexity index is 280. The quantitative estimate of drug-likeness (QED) is 0.632. The second kappa shape index (κ2) is 6.96. The zero-order valence-electron chi connectivity index (χ0n) is 9.14. The highest BCUT2D eigenvalue weighted by atomic mass is 14.8. The van der Waals surface area contributed by atoms with E-state index in [-0.39, 0.29) is 0 Å². The molecule has 0 aromatic rings. The summed E-state index contributed by atoms with van der Waals surface area (Å²) in [4.78, 5) is 0. The average Bonchev–Trinajstić information content (AvgIpc) is 2.17. The molecule has 0 fully saturated rings. The van der Waals surface area contributed by atoms with Crippen molar-refractivity contribution in [1.82, 2.24) is 5.32 Å². The number of hydrogen-bond donors (Lipinski definition) is 1. The molecule has 0 atom stereocenters. The van der Waals surface area contributed by atoms with Crippen molar-refractivity contribution in [2.45, 2.75) is 13.8 Å². The second-order valence-electron chi connectivity index (χ2n) is 3.09. The first-order valence-corrected chi connectivity index (χ1v) is 4.64. The summed E-state index contributed by atoms with van der Waals surface area (Å²) in [7, 11) is 0. The lowest BCUT2D eigenvalue weighted by atomic mass is 10.1. The SMILES string of the molecule is C=CNCC(/C=C\C(=C)C(=C)C)=C/C. The first-order valence-electron chi connectivity index (χ1n) is 4.64. The van der Waals surface area contributed by atoms with Crippen molar-refractivity contribution in [3.05, 3.63) is 60.9 Å². The molecule has 0 aliphatic rings. The van der Waals surface area contributed by atoms with E-state index in [4.69, 9.17) is 0 Å². The Hall–Kier alpha value is -1.50. The van der Waals surface area contributed by atoms with Crippen LogP contribution in [0.5, 0.6) is 0 Å². The van der Waals surface area contributed by atoms with E-state index >= 15 is 0 Å². The summed E-state index contributed by atoms with van der Waals surface area (Å²) in [6, 6.07) is 0. The van der Waals surface area contributed by atoms with Crippen LogP contribution >= 0.6 is 0 Å². The minimum Gasteiger partial charge on any atom is -0.387 e. The summed E-state index contributed by atoms with van der Waals surface area (Å²) in [6.45, 7) is 16.0. The normalized spacial score (nSPS) is 11.4. The van der Waals surface area contributed by atoms with Crippen molar-refractivity contribution >= 4 is 0 Å². The molecule has 1 nitrogen and oxygen atoms in total. The second-order valence-corrected chi connectivity index (χ2v) is 3.09. The highest BCUT2D eigenvalue weighted by Gasteiger charge is 1.90. The lowest BCUT2D eigenvalue weighted by Gasteiger charge is -2.02. The lowest BCUT2D eigenvalue weighted by molar-refractivity contribution is 0.957. The fourth-order valence-electron chi connectivity index (χ4n) is 0.797. The van der Waals surface area contributed by atoms with Gasteiger partial charge in [0.05, 0.1) is 0 Å². The minimum absolute atomic E-state index is 0.792. The Morgan fingerprint density at radius 3 is 2.36 bits per heavy atom. The minimum atomic E-state index is 0.792. The summed E-state index contributed by atoms with van der Waals surface area (Å²) in [5.41, 5.74) is 3.16. The van der Waals surface area contributed by atoms with Crippen molar-refractivity contribution in [2.75, 3.05) is 6.54 Å². The Balaban J connectivity index is 4.25. The molecule has 0 heterocycles. The zero-order valence-corrected chi connectivity index (χ0v) is 9.14. The molecule has 0 bridgehead atoms. The van der Waals surface area contributed by atoms with Crippen LogP contribution in [0.1, 0.15) is 13.8 Å². The van der Waals surface area contributed by atoms with Crippen molar-refractivity contribution < 1.29 is 0 Å². The molecule has 14 heavy (non-hydrogen) atoms. The van der Waals surface area contributed by atoms with Gasteiger partial charge in [-0.05, 0) is 31.2 Å². The highest BCUT2D eigenvalue weighted by molar-refractivity contribution is 5.37. The van der Waals surface area contributed by atoms with Gasteiger partial charge in [-0.2, -0.15) is 0 Å². The predicted octanol–water partition coefficient (Wildman–Crippen LogP) is 3.35. The Morgan fingerprint density at radius 1 is 1.29 bits per heavy atom. The molecule has 1 heteroatoms. The third-order valence-electron chi connectivity index (χ3n) is 1.87. The molecule has 0 amide bonds. The van der Waals surface area contributed by atoms with Crippen LogP contribution in [0.4, 0.5) is 0 Å². The van der Waals surface area contributed by atoms with Gasteiger partial charge in [0, 0.05) is 6.54 Å². The van der Waals surface area contributed by atoms with E-state index in [0.29, 0.717) is 0 Å². The molecule has 0 aliphatic carbocycles. The van der Waals surface area contributed by atoms with Crippen molar-refractivity contribution in [1.29, 1.82) is 0 Å². The van der Waals surface area contributed by atoms with E-state index in [1.807, 2.05) is 26.0 Å². The maximum absolute atomic E-state index is 3.89. The fourth-order valence-corrected chi connectivity index (χ4v) is 0.797. The average molecular weight is 189 g/mol. The third-order valence-corrected chi connectivity index (χ3v) is 1.87. The number of allylic oxidation sites excluding steroid dienone is 4. The van der Waals surface area contributed by atoms with E-state index in [1.54, 1.807) is 6.20 Å². The smallest absolute Gasteiger partial charge is 0.0391 e. The van der Waals surface area contributed by atoms with Gasteiger partial charge in [-0.25, -0.2) is 0 Å². The molecule has 1 N–H and O–H groups in total. The molecule has 76 valence electrons. The lowest BCUT2D eigenvalue weighted by Crippen LogP contribution is -2.07. The maximum atomic E-state index is 3.89. The van der Waals surface area contributed by atoms with Crippen LogP contribution in [0.25, 0.3) is 0 Å². The maximum Gasteiger partial charge on any atom is 0.0391 e. The van der Waals surface area contributed by atoms with Gasteiger partial charge in [-0.15, -0.1) is 0 Å². The molecule has 0 aromatic carbocycles. The van der Waals surface area contributed by atoms with Crippen LogP contribution in [-0.2, 0) is 0 Å². The van der Waals surface area contributed by atoms with Gasteiger partial charge in [-0.3, -0.25) is 0 Å². The molecule has 0 spiro atoms. The standard InChI is InChI=1S/C13H19N/c1-6-13(10-14-7-2)9-8-12(5)11(3)4/h6-9,14H,2-3,5,10H2,1,4H3/b9-8-,13-6+.